The van der Waals surface area contributed by atoms with Crippen molar-refractivity contribution in [1.29, 1.82) is 5.26 Å². The zero-order chi connectivity index (χ0) is 23.8. The number of nitriles is 1. The highest BCUT2D eigenvalue weighted by Crippen LogP contribution is 2.36. The summed E-state index contributed by atoms with van der Waals surface area (Å²) < 4.78 is 42.5. The van der Waals surface area contributed by atoms with Crippen LogP contribution in [0.15, 0.2) is 46.3 Å². The minimum Gasteiger partial charge on any atom is -0.266 e. The number of aromatic nitrogens is 2. The van der Waals surface area contributed by atoms with Crippen LogP contribution in [0.4, 0.5) is 13.2 Å². The summed E-state index contributed by atoms with van der Waals surface area (Å²) in [7, 11) is 0. The molecular weight excluding hydrogens is 493 g/mol. The molecule has 11 heteroatoms. The zero-order valence-corrected chi connectivity index (χ0v) is 19.4. The third-order valence-electron chi connectivity index (χ3n) is 4.74. The molecule has 0 unspecified atom stereocenters. The number of carbonyl (C=O) groups excluding carboxylic acids is 1. The summed E-state index contributed by atoms with van der Waals surface area (Å²) in [5.74, 6) is 0.474. The Morgan fingerprint density at radius 1 is 1.27 bits per heavy atom. The summed E-state index contributed by atoms with van der Waals surface area (Å²) in [5, 5.41) is 14.2. The first-order chi connectivity index (χ1) is 15.7. The number of halogens is 4. The van der Waals surface area contributed by atoms with E-state index in [9.17, 15) is 23.2 Å². The van der Waals surface area contributed by atoms with Gasteiger partial charge in [-0.05, 0) is 47.2 Å². The SMILES string of the molecule is CCSC1=NC(=O)/C(=C\c2ccc3c(c2)c(C#N)nn3Cc2ccc(Cl)cc2C(F)(F)F)S1. The van der Waals surface area contributed by atoms with Crippen LogP contribution in [0.5, 0.6) is 0 Å². The molecule has 168 valence electrons. The molecule has 0 atom stereocenters. The van der Waals surface area contributed by atoms with Crippen molar-refractivity contribution in [1.82, 2.24) is 9.78 Å². The molecule has 0 saturated carbocycles. The first-order valence-corrected chi connectivity index (χ1v) is 11.8. The molecule has 4 rings (SSSR count). The lowest BCUT2D eigenvalue weighted by Crippen LogP contribution is -2.12. The second-order valence-electron chi connectivity index (χ2n) is 6.92. The minimum absolute atomic E-state index is 0.0157. The summed E-state index contributed by atoms with van der Waals surface area (Å²) in [4.78, 5) is 16.6. The molecule has 1 aromatic heterocycles. The number of nitrogens with zero attached hydrogens (tertiary/aromatic N) is 4. The van der Waals surface area contributed by atoms with E-state index in [1.165, 1.54) is 40.3 Å². The van der Waals surface area contributed by atoms with Crippen LogP contribution in [0.3, 0.4) is 0 Å². The Hall–Kier alpha value is -2.74. The maximum atomic E-state index is 13.5. The van der Waals surface area contributed by atoms with Gasteiger partial charge < -0.3 is 0 Å². The van der Waals surface area contributed by atoms with Crippen molar-refractivity contribution in [3.05, 3.63) is 68.7 Å². The third-order valence-corrected chi connectivity index (χ3v) is 6.99. The van der Waals surface area contributed by atoms with E-state index in [1.807, 2.05) is 13.0 Å². The van der Waals surface area contributed by atoms with Gasteiger partial charge in [0, 0.05) is 10.4 Å². The van der Waals surface area contributed by atoms with E-state index in [-0.39, 0.29) is 28.7 Å². The first kappa shape index (κ1) is 23.4. The van der Waals surface area contributed by atoms with Gasteiger partial charge in [0.1, 0.15) is 10.4 Å². The summed E-state index contributed by atoms with van der Waals surface area (Å²) in [5.41, 5.74) is 0.376. The molecule has 3 aromatic rings. The summed E-state index contributed by atoms with van der Waals surface area (Å²) >= 11 is 8.53. The van der Waals surface area contributed by atoms with Gasteiger partial charge in [0.15, 0.2) is 5.69 Å². The Bertz CT molecular complexity index is 1370. The molecule has 0 bridgehead atoms. The third kappa shape index (κ3) is 4.95. The average molecular weight is 507 g/mol. The van der Waals surface area contributed by atoms with Gasteiger partial charge in [-0.1, -0.05) is 54.2 Å². The Balaban J connectivity index is 1.71. The van der Waals surface area contributed by atoms with Crippen molar-refractivity contribution in [2.45, 2.75) is 19.6 Å². The fourth-order valence-electron chi connectivity index (χ4n) is 3.33. The first-order valence-electron chi connectivity index (χ1n) is 9.61. The van der Waals surface area contributed by atoms with Crippen LogP contribution >= 0.6 is 35.1 Å². The normalized spacial score (nSPS) is 15.3. The van der Waals surface area contributed by atoms with Crippen molar-refractivity contribution >= 4 is 62.4 Å². The predicted molar refractivity (Wildman–Crippen MR) is 126 cm³/mol. The topological polar surface area (TPSA) is 71.0 Å². The Morgan fingerprint density at radius 3 is 2.76 bits per heavy atom. The molecular formula is C22H14ClF3N4OS2. The van der Waals surface area contributed by atoms with E-state index >= 15 is 0 Å². The van der Waals surface area contributed by atoms with Crippen LogP contribution in [0.2, 0.25) is 5.02 Å². The van der Waals surface area contributed by atoms with Crippen LogP contribution in [0.1, 0.15) is 29.3 Å². The van der Waals surface area contributed by atoms with E-state index in [4.69, 9.17) is 11.6 Å². The summed E-state index contributed by atoms with van der Waals surface area (Å²) in [6.07, 6.45) is -2.90. The second kappa shape index (κ2) is 9.25. The predicted octanol–water partition coefficient (Wildman–Crippen LogP) is 6.35. The number of hydrogen-bond acceptors (Lipinski definition) is 5. The molecule has 0 radical (unpaired) electrons. The van der Waals surface area contributed by atoms with Crippen LogP contribution in [0.25, 0.3) is 17.0 Å². The Labute approximate surface area is 200 Å². The van der Waals surface area contributed by atoms with Gasteiger partial charge >= 0.3 is 6.18 Å². The van der Waals surface area contributed by atoms with E-state index < -0.39 is 11.7 Å². The highest BCUT2D eigenvalue weighted by atomic mass is 35.5. The maximum Gasteiger partial charge on any atom is 0.416 e. The Kier molecular flexibility index (Phi) is 6.56. The van der Waals surface area contributed by atoms with E-state index in [0.717, 1.165) is 11.8 Å². The number of aliphatic imine (C=N–C) groups is 1. The fourth-order valence-corrected chi connectivity index (χ4v) is 5.40. The number of hydrogen-bond donors (Lipinski definition) is 0. The number of amides is 1. The lowest BCUT2D eigenvalue weighted by molar-refractivity contribution is -0.138. The molecule has 0 N–H and O–H groups in total. The summed E-state index contributed by atoms with van der Waals surface area (Å²) in [6, 6.07) is 10.6. The van der Waals surface area contributed by atoms with E-state index in [1.54, 1.807) is 24.3 Å². The molecule has 1 aliphatic rings. The number of benzene rings is 2. The molecule has 1 aliphatic heterocycles. The molecule has 0 aliphatic carbocycles. The quantitative estimate of drug-likeness (QED) is 0.385. The van der Waals surface area contributed by atoms with Crippen molar-refractivity contribution in [2.24, 2.45) is 4.99 Å². The highest BCUT2D eigenvalue weighted by Gasteiger charge is 2.33. The van der Waals surface area contributed by atoms with Crippen LogP contribution in [-0.2, 0) is 17.5 Å². The standard InChI is InChI=1S/C22H14ClF3N4OS2/c1-2-32-21-28-20(31)19(33-21)8-12-3-6-18-15(7-12)17(10-27)29-30(18)11-13-4-5-14(23)9-16(13)22(24,25)26/h3-9H,2,11H2,1H3/b19-8+. The molecule has 5 nitrogen and oxygen atoms in total. The van der Waals surface area contributed by atoms with Gasteiger partial charge in [0.25, 0.3) is 5.91 Å². The van der Waals surface area contributed by atoms with Crippen molar-refractivity contribution in [3.63, 3.8) is 0 Å². The summed E-state index contributed by atoms with van der Waals surface area (Å²) in [6.45, 7) is 1.78. The lowest BCUT2D eigenvalue weighted by atomic mass is 10.1. The number of carbonyl (C=O) groups is 1. The van der Waals surface area contributed by atoms with Crippen LogP contribution < -0.4 is 0 Å². The van der Waals surface area contributed by atoms with Crippen molar-refractivity contribution in [3.8, 4) is 6.07 Å². The highest BCUT2D eigenvalue weighted by molar-refractivity contribution is 8.41. The molecule has 0 fully saturated rings. The smallest absolute Gasteiger partial charge is 0.266 e. The minimum atomic E-state index is -4.58. The molecule has 0 spiro atoms. The van der Waals surface area contributed by atoms with Gasteiger partial charge in [-0.15, -0.1) is 0 Å². The van der Waals surface area contributed by atoms with Gasteiger partial charge in [-0.3, -0.25) is 9.48 Å². The number of thioether (sulfide) groups is 2. The molecule has 0 saturated heterocycles. The number of rotatable bonds is 4. The van der Waals surface area contributed by atoms with E-state index in [2.05, 4.69) is 10.1 Å². The molecule has 2 heterocycles. The molecule has 1 amide bonds. The largest absolute Gasteiger partial charge is 0.416 e. The van der Waals surface area contributed by atoms with Crippen molar-refractivity contribution < 1.29 is 18.0 Å². The second-order valence-corrected chi connectivity index (χ2v) is 9.90. The number of alkyl halides is 3. The van der Waals surface area contributed by atoms with E-state index in [0.29, 0.717) is 25.7 Å². The van der Waals surface area contributed by atoms with Gasteiger partial charge in [-0.25, -0.2) is 0 Å². The van der Waals surface area contributed by atoms with Crippen LogP contribution in [0, 0.1) is 11.3 Å². The van der Waals surface area contributed by atoms with Gasteiger partial charge in [0.05, 0.1) is 22.5 Å². The van der Waals surface area contributed by atoms with Crippen LogP contribution in [-0.4, -0.2) is 25.8 Å². The van der Waals surface area contributed by atoms with Crippen molar-refractivity contribution in [2.75, 3.05) is 5.75 Å². The zero-order valence-electron chi connectivity index (χ0n) is 17.0. The molecule has 2 aromatic carbocycles. The maximum absolute atomic E-state index is 13.5. The monoisotopic (exact) mass is 506 g/mol. The average Bonchev–Trinajstić information content (AvgIpc) is 3.28. The lowest BCUT2D eigenvalue weighted by Gasteiger charge is -2.14. The van der Waals surface area contributed by atoms with Gasteiger partial charge in [0.2, 0.25) is 0 Å². The Morgan fingerprint density at radius 2 is 2.06 bits per heavy atom. The number of fused-ring (bicyclic) bond motifs is 1. The molecule has 33 heavy (non-hydrogen) atoms. The fraction of sp³-hybridized carbons (Fsp3) is 0.182. The van der Waals surface area contributed by atoms with Gasteiger partial charge in [-0.2, -0.15) is 28.5 Å².